The Morgan fingerprint density at radius 1 is 1.25 bits per heavy atom. The summed E-state index contributed by atoms with van der Waals surface area (Å²) in [5.74, 6) is 0. The van der Waals surface area contributed by atoms with Crippen molar-refractivity contribution in [3.05, 3.63) is 64.4 Å². The lowest BCUT2D eigenvalue weighted by atomic mass is 10.1. The van der Waals surface area contributed by atoms with E-state index >= 15 is 0 Å². The van der Waals surface area contributed by atoms with E-state index in [0.29, 0.717) is 6.54 Å². The Balaban J connectivity index is 2.15. The molecule has 1 aromatic heterocycles. The first-order valence-electron chi connectivity index (χ1n) is 6.68. The van der Waals surface area contributed by atoms with Gasteiger partial charge in [0, 0.05) is 36.0 Å². The molecule has 0 saturated heterocycles. The number of likely N-dealkylation sites (N-methyl/N-ethyl adjacent to an activating group) is 1. The van der Waals surface area contributed by atoms with Crippen LogP contribution in [0.2, 0.25) is 5.02 Å². The van der Waals surface area contributed by atoms with Crippen LogP contribution in [0.1, 0.15) is 22.9 Å². The Bertz CT molecular complexity index is 554. The van der Waals surface area contributed by atoms with Crippen molar-refractivity contribution in [1.82, 2.24) is 9.88 Å². The van der Waals surface area contributed by atoms with E-state index in [1.807, 2.05) is 43.5 Å². The molecule has 1 unspecified atom stereocenters. The monoisotopic (exact) mass is 289 g/mol. The average Bonchev–Trinajstić information content (AvgIpc) is 2.44. The predicted octanol–water partition coefficient (Wildman–Crippen LogP) is 3.18. The normalized spacial score (nSPS) is 12.7. The minimum absolute atomic E-state index is 0.138. The largest absolute Gasteiger partial charge is 0.329 e. The second kappa shape index (κ2) is 6.84. The number of pyridine rings is 1. The molecule has 4 heteroatoms. The molecule has 0 saturated carbocycles. The number of nitrogens with two attached hydrogens (primary N) is 1. The Morgan fingerprint density at radius 3 is 2.60 bits per heavy atom. The van der Waals surface area contributed by atoms with E-state index in [-0.39, 0.29) is 6.04 Å². The molecule has 1 heterocycles. The van der Waals surface area contributed by atoms with Gasteiger partial charge in [-0.15, -0.1) is 0 Å². The number of rotatable bonds is 5. The zero-order chi connectivity index (χ0) is 14.5. The van der Waals surface area contributed by atoms with Gasteiger partial charge in [0.1, 0.15) is 0 Å². The Labute approximate surface area is 125 Å². The second-order valence-corrected chi connectivity index (χ2v) is 5.40. The van der Waals surface area contributed by atoms with Crippen molar-refractivity contribution in [2.75, 3.05) is 13.6 Å². The smallest absolute Gasteiger partial charge is 0.0486 e. The third-order valence-corrected chi connectivity index (χ3v) is 3.82. The summed E-state index contributed by atoms with van der Waals surface area (Å²) in [5, 5.41) is 0.789. The van der Waals surface area contributed by atoms with Gasteiger partial charge in [-0.05, 0) is 37.2 Å². The van der Waals surface area contributed by atoms with Crippen molar-refractivity contribution < 1.29 is 0 Å². The van der Waals surface area contributed by atoms with Crippen LogP contribution in [-0.4, -0.2) is 23.5 Å². The van der Waals surface area contributed by atoms with Crippen molar-refractivity contribution in [3.8, 4) is 0 Å². The van der Waals surface area contributed by atoms with E-state index in [9.17, 15) is 0 Å². The van der Waals surface area contributed by atoms with Gasteiger partial charge in [-0.25, -0.2) is 0 Å². The van der Waals surface area contributed by atoms with Crippen LogP contribution < -0.4 is 5.73 Å². The predicted molar refractivity (Wildman–Crippen MR) is 83.7 cm³/mol. The molecule has 1 atom stereocenters. The molecule has 0 fully saturated rings. The molecule has 2 rings (SSSR count). The second-order valence-electron chi connectivity index (χ2n) is 4.99. The highest BCUT2D eigenvalue weighted by Crippen LogP contribution is 2.23. The molecule has 0 bridgehead atoms. The molecular formula is C16H20ClN3. The van der Waals surface area contributed by atoms with Crippen LogP contribution in [0.15, 0.2) is 42.6 Å². The molecule has 0 spiro atoms. The summed E-state index contributed by atoms with van der Waals surface area (Å²) in [5.41, 5.74) is 9.18. The summed E-state index contributed by atoms with van der Waals surface area (Å²) in [7, 11) is 2.06. The molecule has 3 nitrogen and oxygen atoms in total. The van der Waals surface area contributed by atoms with Gasteiger partial charge in [-0.2, -0.15) is 0 Å². The topological polar surface area (TPSA) is 42.1 Å². The van der Waals surface area contributed by atoms with Crippen LogP contribution >= 0.6 is 11.6 Å². The van der Waals surface area contributed by atoms with E-state index in [1.165, 1.54) is 0 Å². The van der Waals surface area contributed by atoms with Gasteiger partial charge in [-0.3, -0.25) is 9.88 Å². The summed E-state index contributed by atoms with van der Waals surface area (Å²) in [6, 6.07) is 12.1. The highest BCUT2D eigenvalue weighted by molar-refractivity contribution is 6.31. The molecule has 2 N–H and O–H groups in total. The molecule has 0 radical (unpaired) electrons. The highest BCUT2D eigenvalue weighted by Gasteiger charge is 2.16. The highest BCUT2D eigenvalue weighted by atomic mass is 35.5. The van der Waals surface area contributed by atoms with Crippen molar-refractivity contribution in [1.29, 1.82) is 0 Å². The van der Waals surface area contributed by atoms with Gasteiger partial charge in [0.2, 0.25) is 0 Å². The van der Waals surface area contributed by atoms with E-state index in [4.69, 9.17) is 17.3 Å². The lowest BCUT2D eigenvalue weighted by Crippen LogP contribution is -2.30. The van der Waals surface area contributed by atoms with E-state index in [2.05, 4.69) is 23.0 Å². The molecule has 1 aromatic carbocycles. The van der Waals surface area contributed by atoms with Crippen LogP contribution in [0.3, 0.4) is 0 Å². The molecular weight excluding hydrogens is 270 g/mol. The molecule has 0 aliphatic rings. The number of aryl methyl sites for hydroxylation is 1. The fourth-order valence-electron chi connectivity index (χ4n) is 2.25. The summed E-state index contributed by atoms with van der Waals surface area (Å²) < 4.78 is 0. The standard InChI is InChI=1S/C16H20ClN3/c1-12-7-8-13(10-19-12)16(9-18)20(2)11-14-5-3-4-6-15(14)17/h3-8,10,16H,9,11,18H2,1-2H3. The quantitative estimate of drug-likeness (QED) is 0.919. The zero-order valence-electron chi connectivity index (χ0n) is 11.9. The maximum atomic E-state index is 6.21. The SMILES string of the molecule is Cc1ccc(C(CN)N(C)Cc2ccccc2Cl)cn1. The van der Waals surface area contributed by atoms with Crippen LogP contribution in [0, 0.1) is 6.92 Å². The lowest BCUT2D eigenvalue weighted by Gasteiger charge is -2.27. The van der Waals surface area contributed by atoms with Crippen LogP contribution in [0.5, 0.6) is 0 Å². The maximum absolute atomic E-state index is 6.21. The van der Waals surface area contributed by atoms with Gasteiger partial charge in [0.05, 0.1) is 0 Å². The third-order valence-electron chi connectivity index (χ3n) is 3.45. The Kier molecular flexibility index (Phi) is 5.12. The van der Waals surface area contributed by atoms with Gasteiger partial charge in [0.25, 0.3) is 0 Å². The summed E-state index contributed by atoms with van der Waals surface area (Å²) >= 11 is 6.21. The summed E-state index contributed by atoms with van der Waals surface area (Å²) in [4.78, 5) is 6.55. The molecule has 0 amide bonds. The molecule has 0 aliphatic carbocycles. The van der Waals surface area contributed by atoms with E-state index < -0.39 is 0 Å². The summed E-state index contributed by atoms with van der Waals surface area (Å²) in [6.07, 6.45) is 1.90. The number of aromatic nitrogens is 1. The minimum atomic E-state index is 0.138. The zero-order valence-corrected chi connectivity index (χ0v) is 12.6. The third kappa shape index (κ3) is 3.57. The van der Waals surface area contributed by atoms with Gasteiger partial charge < -0.3 is 5.73 Å². The van der Waals surface area contributed by atoms with E-state index in [0.717, 1.165) is 28.4 Å². The first-order chi connectivity index (χ1) is 9.61. The van der Waals surface area contributed by atoms with Crippen LogP contribution in [0.25, 0.3) is 0 Å². The van der Waals surface area contributed by atoms with Gasteiger partial charge >= 0.3 is 0 Å². The number of nitrogens with zero attached hydrogens (tertiary/aromatic N) is 2. The lowest BCUT2D eigenvalue weighted by molar-refractivity contribution is 0.241. The van der Waals surface area contributed by atoms with Crippen LogP contribution in [-0.2, 0) is 6.54 Å². The fraction of sp³-hybridized carbons (Fsp3) is 0.312. The van der Waals surface area contributed by atoms with Crippen molar-refractivity contribution in [2.24, 2.45) is 5.73 Å². The molecule has 20 heavy (non-hydrogen) atoms. The number of halogens is 1. The Hall–Kier alpha value is -1.42. The fourth-order valence-corrected chi connectivity index (χ4v) is 2.45. The first-order valence-corrected chi connectivity index (χ1v) is 7.06. The van der Waals surface area contributed by atoms with Gasteiger partial charge in [0.15, 0.2) is 0 Å². The molecule has 0 aliphatic heterocycles. The first kappa shape index (κ1) is 15.0. The van der Waals surface area contributed by atoms with Gasteiger partial charge in [-0.1, -0.05) is 35.9 Å². The van der Waals surface area contributed by atoms with Crippen molar-refractivity contribution in [3.63, 3.8) is 0 Å². The Morgan fingerprint density at radius 2 is 2.00 bits per heavy atom. The van der Waals surface area contributed by atoms with Crippen LogP contribution in [0.4, 0.5) is 0 Å². The number of benzene rings is 1. The number of hydrogen-bond acceptors (Lipinski definition) is 3. The van der Waals surface area contributed by atoms with E-state index in [1.54, 1.807) is 0 Å². The maximum Gasteiger partial charge on any atom is 0.0486 e. The van der Waals surface area contributed by atoms with Crippen molar-refractivity contribution >= 4 is 11.6 Å². The summed E-state index contributed by atoms with van der Waals surface area (Å²) in [6.45, 7) is 3.29. The molecule has 106 valence electrons. The average molecular weight is 290 g/mol. The van der Waals surface area contributed by atoms with Crippen molar-refractivity contribution in [2.45, 2.75) is 19.5 Å². The minimum Gasteiger partial charge on any atom is -0.329 e. The number of hydrogen-bond donors (Lipinski definition) is 1. The molecule has 2 aromatic rings.